The maximum Gasteiger partial charge on any atom is 0.0772 e. The normalized spacial score (nSPS) is 20.9. The Kier molecular flexibility index (Phi) is 3.80. The number of hydrogen-bond acceptors (Lipinski definition) is 4. The minimum Gasteiger partial charge on any atom is -0.342 e. The summed E-state index contributed by atoms with van der Waals surface area (Å²) < 4.78 is 2.46. The fourth-order valence-electron chi connectivity index (χ4n) is 4.86. The van der Waals surface area contributed by atoms with Gasteiger partial charge in [0, 0.05) is 54.5 Å². The van der Waals surface area contributed by atoms with Crippen LogP contribution in [0.1, 0.15) is 47.4 Å². The molecule has 2 unspecified atom stereocenters. The van der Waals surface area contributed by atoms with E-state index in [1.54, 1.807) is 24.2 Å². The van der Waals surface area contributed by atoms with Crippen molar-refractivity contribution >= 4 is 10.9 Å². The molecule has 2 aliphatic heterocycles. The van der Waals surface area contributed by atoms with Crippen LogP contribution in [0.15, 0.2) is 36.8 Å². The highest BCUT2D eigenvalue weighted by molar-refractivity contribution is 5.87. The van der Waals surface area contributed by atoms with Crippen LogP contribution in [0.25, 0.3) is 10.9 Å². The van der Waals surface area contributed by atoms with Crippen molar-refractivity contribution in [2.45, 2.75) is 44.8 Å². The van der Waals surface area contributed by atoms with Gasteiger partial charge in [-0.05, 0) is 44.0 Å². The topological polar surface area (TPSA) is 60.0 Å². The van der Waals surface area contributed by atoms with E-state index >= 15 is 0 Å². The molecule has 0 spiro atoms. The molecule has 2 aliphatic rings. The predicted molar refractivity (Wildman–Crippen MR) is 103 cm³/mol. The van der Waals surface area contributed by atoms with Crippen molar-refractivity contribution in [3.63, 3.8) is 0 Å². The van der Waals surface area contributed by atoms with E-state index in [-0.39, 0.29) is 6.04 Å². The number of aromatic nitrogens is 3. The highest BCUT2D eigenvalue weighted by Gasteiger charge is 2.35. The summed E-state index contributed by atoms with van der Waals surface area (Å²) in [5.74, 6) is 0. The number of rotatable bonds is 3. The summed E-state index contributed by atoms with van der Waals surface area (Å²) in [6.07, 6.45) is 8.88. The van der Waals surface area contributed by atoms with E-state index < -0.39 is 0 Å². The van der Waals surface area contributed by atoms with Gasteiger partial charge in [-0.3, -0.25) is 14.9 Å². The van der Waals surface area contributed by atoms with Crippen molar-refractivity contribution < 1.29 is 0 Å². The lowest BCUT2D eigenvalue weighted by atomic mass is 9.95. The molecular formula is C21H25N5. The van der Waals surface area contributed by atoms with Crippen LogP contribution < -0.4 is 5.73 Å². The van der Waals surface area contributed by atoms with E-state index in [1.165, 1.54) is 41.5 Å². The van der Waals surface area contributed by atoms with Gasteiger partial charge in [-0.1, -0.05) is 11.6 Å². The van der Waals surface area contributed by atoms with E-state index in [0.717, 1.165) is 25.2 Å². The molecule has 134 valence electrons. The SMILES string of the molecule is Cc1ccc2c(c1)c1c(n2CC(N)c2cnccn2)CCN2CCCC12. The summed E-state index contributed by atoms with van der Waals surface area (Å²) in [5.41, 5.74) is 13.0. The highest BCUT2D eigenvalue weighted by Crippen LogP contribution is 2.43. The van der Waals surface area contributed by atoms with E-state index in [0.29, 0.717) is 6.04 Å². The molecule has 1 saturated heterocycles. The second kappa shape index (κ2) is 6.18. The zero-order chi connectivity index (χ0) is 17.7. The predicted octanol–water partition coefficient (Wildman–Crippen LogP) is 3.13. The fraction of sp³-hybridized carbons (Fsp3) is 0.429. The van der Waals surface area contributed by atoms with Crippen LogP contribution >= 0.6 is 0 Å². The first-order chi connectivity index (χ1) is 12.7. The third-order valence-electron chi connectivity index (χ3n) is 6.04. The Bertz CT molecular complexity index is 946. The standard InChI is InChI=1S/C21H25N5/c1-14-4-5-18-15(11-14)21-19-3-2-9-25(19)10-6-20(21)26(18)13-16(22)17-12-23-7-8-24-17/h4-5,7-8,11-12,16,19H,2-3,6,9-10,13,22H2,1H3. The van der Waals surface area contributed by atoms with Crippen LogP contribution in [0.2, 0.25) is 0 Å². The molecule has 1 aromatic carbocycles. The quantitative estimate of drug-likeness (QED) is 0.791. The number of nitrogens with zero attached hydrogens (tertiary/aromatic N) is 4. The van der Waals surface area contributed by atoms with Gasteiger partial charge in [0.25, 0.3) is 0 Å². The molecule has 0 bridgehead atoms. The minimum absolute atomic E-state index is 0.147. The second-order valence-electron chi connectivity index (χ2n) is 7.67. The Hall–Kier alpha value is -2.24. The summed E-state index contributed by atoms with van der Waals surface area (Å²) >= 11 is 0. The monoisotopic (exact) mass is 347 g/mol. The van der Waals surface area contributed by atoms with Crippen LogP contribution in [0.4, 0.5) is 0 Å². The van der Waals surface area contributed by atoms with Crippen molar-refractivity contribution in [1.82, 2.24) is 19.4 Å². The first-order valence-electron chi connectivity index (χ1n) is 9.59. The Morgan fingerprint density at radius 1 is 1.27 bits per heavy atom. The van der Waals surface area contributed by atoms with Crippen molar-refractivity contribution in [1.29, 1.82) is 0 Å². The Labute approximate surface area is 153 Å². The maximum absolute atomic E-state index is 6.51. The van der Waals surface area contributed by atoms with E-state index in [4.69, 9.17) is 5.73 Å². The molecule has 0 saturated carbocycles. The van der Waals surface area contributed by atoms with Crippen LogP contribution in [-0.2, 0) is 13.0 Å². The number of hydrogen-bond donors (Lipinski definition) is 1. The summed E-state index contributed by atoms with van der Waals surface area (Å²) in [4.78, 5) is 11.3. The molecule has 0 radical (unpaired) electrons. The van der Waals surface area contributed by atoms with Gasteiger partial charge >= 0.3 is 0 Å². The van der Waals surface area contributed by atoms with Crippen LogP contribution in [0.5, 0.6) is 0 Å². The van der Waals surface area contributed by atoms with Crippen LogP contribution in [-0.4, -0.2) is 32.5 Å². The molecule has 1 fully saturated rings. The van der Waals surface area contributed by atoms with Crippen LogP contribution in [0, 0.1) is 6.92 Å². The van der Waals surface area contributed by atoms with Gasteiger partial charge in [0.05, 0.1) is 17.9 Å². The van der Waals surface area contributed by atoms with Crippen molar-refractivity contribution in [2.24, 2.45) is 5.73 Å². The van der Waals surface area contributed by atoms with Crippen LogP contribution in [0.3, 0.4) is 0 Å². The van der Waals surface area contributed by atoms with E-state index in [9.17, 15) is 0 Å². The van der Waals surface area contributed by atoms with E-state index in [1.807, 2.05) is 0 Å². The molecule has 5 nitrogen and oxygen atoms in total. The molecule has 2 N–H and O–H groups in total. The van der Waals surface area contributed by atoms with Gasteiger partial charge in [0.1, 0.15) is 0 Å². The molecule has 2 atom stereocenters. The third-order valence-corrected chi connectivity index (χ3v) is 6.04. The summed E-state index contributed by atoms with van der Waals surface area (Å²) in [6.45, 7) is 5.33. The van der Waals surface area contributed by atoms with E-state index in [2.05, 4.69) is 44.6 Å². The summed E-state index contributed by atoms with van der Waals surface area (Å²) in [6, 6.07) is 7.28. The highest BCUT2D eigenvalue weighted by atomic mass is 15.2. The molecule has 0 amide bonds. The molecule has 5 rings (SSSR count). The average Bonchev–Trinajstić information content (AvgIpc) is 3.25. The van der Waals surface area contributed by atoms with Gasteiger partial charge in [0.15, 0.2) is 0 Å². The molecule has 2 aromatic heterocycles. The smallest absolute Gasteiger partial charge is 0.0772 e. The fourth-order valence-corrected chi connectivity index (χ4v) is 4.86. The molecule has 3 aromatic rings. The second-order valence-corrected chi connectivity index (χ2v) is 7.67. The number of aryl methyl sites for hydroxylation is 1. The average molecular weight is 347 g/mol. The van der Waals surface area contributed by atoms with Crippen molar-refractivity contribution in [3.05, 3.63) is 59.3 Å². The van der Waals surface area contributed by atoms with Crippen molar-refractivity contribution in [3.8, 4) is 0 Å². The zero-order valence-electron chi connectivity index (χ0n) is 15.2. The maximum atomic E-state index is 6.51. The third kappa shape index (κ3) is 2.46. The number of nitrogens with two attached hydrogens (primary N) is 1. The van der Waals surface area contributed by atoms with Gasteiger partial charge in [0.2, 0.25) is 0 Å². The molecule has 5 heteroatoms. The van der Waals surface area contributed by atoms with Gasteiger partial charge in [-0.25, -0.2) is 0 Å². The van der Waals surface area contributed by atoms with Gasteiger partial charge in [-0.15, -0.1) is 0 Å². The molecular weight excluding hydrogens is 322 g/mol. The van der Waals surface area contributed by atoms with Gasteiger partial charge < -0.3 is 10.3 Å². The Morgan fingerprint density at radius 3 is 3.04 bits per heavy atom. The molecule has 26 heavy (non-hydrogen) atoms. The Morgan fingerprint density at radius 2 is 2.19 bits per heavy atom. The minimum atomic E-state index is -0.147. The first-order valence-corrected chi connectivity index (χ1v) is 9.59. The Balaban J connectivity index is 1.64. The number of benzene rings is 1. The molecule has 0 aliphatic carbocycles. The lowest BCUT2D eigenvalue weighted by molar-refractivity contribution is 0.241. The summed E-state index contributed by atoms with van der Waals surface area (Å²) in [5, 5.41) is 1.42. The first kappa shape index (κ1) is 16.0. The number of fused-ring (bicyclic) bond motifs is 5. The summed E-state index contributed by atoms with van der Waals surface area (Å²) in [7, 11) is 0. The van der Waals surface area contributed by atoms with Gasteiger partial charge in [-0.2, -0.15) is 0 Å². The van der Waals surface area contributed by atoms with Crippen molar-refractivity contribution in [2.75, 3.05) is 13.1 Å². The largest absolute Gasteiger partial charge is 0.342 e. The lowest BCUT2D eigenvalue weighted by Crippen LogP contribution is -2.32. The molecule has 4 heterocycles. The zero-order valence-corrected chi connectivity index (χ0v) is 15.2. The lowest BCUT2D eigenvalue weighted by Gasteiger charge is -2.31.